The molecule has 0 fully saturated rings. The molecule has 0 unspecified atom stereocenters. The lowest BCUT2D eigenvalue weighted by atomic mass is 10.2. The highest BCUT2D eigenvalue weighted by atomic mass is 32.2. The molecule has 1 heterocycles. The standard InChI is InChI=1S/C11H13N3O4S2/c1-19-6-4-8(11(15)16)14-20(17,18)10-3-2-5-13-9(10)7-12/h2-3,5,8,14H,4,6H2,1H3,(H,15,16)/t8-/m0/s1. The topological polar surface area (TPSA) is 120 Å². The second kappa shape index (κ2) is 7.23. The van der Waals surface area contributed by atoms with Gasteiger partial charge in [0.2, 0.25) is 10.0 Å². The molecule has 2 N–H and O–H groups in total. The number of sulfonamides is 1. The molecule has 20 heavy (non-hydrogen) atoms. The summed E-state index contributed by atoms with van der Waals surface area (Å²) in [5.74, 6) is -0.762. The van der Waals surface area contributed by atoms with Gasteiger partial charge in [0.05, 0.1) is 0 Å². The first-order valence-electron chi connectivity index (χ1n) is 5.51. The minimum absolute atomic E-state index is 0.151. The quantitative estimate of drug-likeness (QED) is 0.749. The Labute approximate surface area is 121 Å². The molecule has 0 aliphatic rings. The number of nitrogens with zero attached hydrogens (tertiary/aromatic N) is 2. The second-order valence-corrected chi connectivity index (χ2v) is 6.42. The van der Waals surface area contributed by atoms with Gasteiger partial charge < -0.3 is 5.11 Å². The number of hydrogen-bond donors (Lipinski definition) is 2. The van der Waals surface area contributed by atoms with Crippen molar-refractivity contribution < 1.29 is 18.3 Å². The molecule has 1 aromatic heterocycles. The highest BCUT2D eigenvalue weighted by Crippen LogP contribution is 2.13. The van der Waals surface area contributed by atoms with E-state index in [9.17, 15) is 13.2 Å². The molecule has 0 spiro atoms. The fourth-order valence-corrected chi connectivity index (χ4v) is 3.21. The zero-order valence-electron chi connectivity index (χ0n) is 10.6. The second-order valence-electron chi connectivity index (χ2n) is 3.76. The lowest BCUT2D eigenvalue weighted by Gasteiger charge is -2.14. The maximum absolute atomic E-state index is 12.1. The van der Waals surface area contributed by atoms with E-state index in [0.29, 0.717) is 5.75 Å². The predicted molar refractivity (Wildman–Crippen MR) is 73.7 cm³/mol. The number of carboxylic acids is 1. The van der Waals surface area contributed by atoms with Crippen LogP contribution in [-0.4, -0.2) is 42.5 Å². The molecule has 1 atom stereocenters. The Morgan fingerprint density at radius 3 is 2.90 bits per heavy atom. The summed E-state index contributed by atoms with van der Waals surface area (Å²) in [7, 11) is -4.10. The number of pyridine rings is 1. The van der Waals surface area contributed by atoms with Crippen molar-refractivity contribution in [3.8, 4) is 6.07 Å². The average Bonchev–Trinajstić information content (AvgIpc) is 2.43. The highest BCUT2D eigenvalue weighted by Gasteiger charge is 2.27. The van der Waals surface area contributed by atoms with E-state index in [2.05, 4.69) is 9.71 Å². The van der Waals surface area contributed by atoms with Gasteiger partial charge in [-0.3, -0.25) is 4.79 Å². The number of nitrogens with one attached hydrogen (secondary N) is 1. The Hall–Kier alpha value is -1.63. The fraction of sp³-hybridized carbons (Fsp3) is 0.364. The van der Waals surface area contributed by atoms with E-state index in [-0.39, 0.29) is 17.0 Å². The molecule has 0 saturated carbocycles. The number of rotatable bonds is 7. The summed E-state index contributed by atoms with van der Waals surface area (Å²) < 4.78 is 26.3. The third kappa shape index (κ3) is 4.19. The summed E-state index contributed by atoms with van der Waals surface area (Å²) in [5.41, 5.74) is -0.269. The van der Waals surface area contributed by atoms with Gasteiger partial charge in [0.15, 0.2) is 5.69 Å². The van der Waals surface area contributed by atoms with Gasteiger partial charge in [-0.25, -0.2) is 13.4 Å². The molecule has 0 aromatic carbocycles. The smallest absolute Gasteiger partial charge is 0.321 e. The zero-order chi connectivity index (χ0) is 15.2. The average molecular weight is 315 g/mol. The maximum Gasteiger partial charge on any atom is 0.321 e. The lowest BCUT2D eigenvalue weighted by molar-refractivity contribution is -0.139. The Bertz CT molecular complexity index is 625. The van der Waals surface area contributed by atoms with Gasteiger partial charge in [0, 0.05) is 6.20 Å². The molecule has 0 amide bonds. The van der Waals surface area contributed by atoms with E-state index in [4.69, 9.17) is 10.4 Å². The Balaban J connectivity index is 3.04. The summed E-state index contributed by atoms with van der Waals surface area (Å²) in [4.78, 5) is 14.4. The van der Waals surface area contributed by atoms with Crippen molar-refractivity contribution in [2.45, 2.75) is 17.4 Å². The van der Waals surface area contributed by atoms with Gasteiger partial charge in [-0.1, -0.05) is 0 Å². The van der Waals surface area contributed by atoms with Crippen molar-refractivity contribution in [3.63, 3.8) is 0 Å². The Kier molecular flexibility index (Phi) is 5.94. The summed E-state index contributed by atoms with van der Waals surface area (Å²) in [6.45, 7) is 0. The third-order valence-corrected chi connectivity index (χ3v) is 4.52. The van der Waals surface area contributed by atoms with Crippen LogP contribution in [0.15, 0.2) is 23.2 Å². The number of carboxylic acid groups (broad SMARTS) is 1. The van der Waals surface area contributed by atoms with Crippen LogP contribution < -0.4 is 4.72 Å². The van der Waals surface area contributed by atoms with Crippen molar-refractivity contribution >= 4 is 27.8 Å². The number of aromatic nitrogens is 1. The molecule has 0 radical (unpaired) electrons. The number of nitriles is 1. The van der Waals surface area contributed by atoms with Crippen molar-refractivity contribution in [1.82, 2.24) is 9.71 Å². The summed E-state index contributed by atoms with van der Waals surface area (Å²) in [6.07, 6.45) is 3.24. The van der Waals surface area contributed by atoms with Gasteiger partial charge in [0.1, 0.15) is 17.0 Å². The van der Waals surface area contributed by atoms with Crippen molar-refractivity contribution in [2.75, 3.05) is 12.0 Å². The largest absolute Gasteiger partial charge is 0.480 e. The van der Waals surface area contributed by atoms with E-state index >= 15 is 0 Å². The molecule has 0 aliphatic carbocycles. The minimum atomic E-state index is -4.10. The molecule has 0 bridgehead atoms. The summed E-state index contributed by atoms with van der Waals surface area (Å²) in [6, 6.07) is 3.01. The Morgan fingerprint density at radius 2 is 2.35 bits per heavy atom. The monoisotopic (exact) mass is 315 g/mol. The maximum atomic E-state index is 12.1. The van der Waals surface area contributed by atoms with E-state index in [1.165, 1.54) is 30.1 Å². The molecule has 1 rings (SSSR count). The van der Waals surface area contributed by atoms with Crippen LogP contribution in [0.25, 0.3) is 0 Å². The summed E-state index contributed by atoms with van der Waals surface area (Å²) >= 11 is 1.41. The number of thioether (sulfide) groups is 1. The van der Waals surface area contributed by atoms with E-state index in [1.54, 1.807) is 12.3 Å². The first kappa shape index (κ1) is 16.4. The number of aliphatic carboxylic acids is 1. The van der Waals surface area contributed by atoms with Crippen molar-refractivity contribution in [2.24, 2.45) is 0 Å². The zero-order valence-corrected chi connectivity index (χ0v) is 12.2. The van der Waals surface area contributed by atoms with E-state index in [0.717, 1.165) is 0 Å². The van der Waals surface area contributed by atoms with Crippen LogP contribution in [0.3, 0.4) is 0 Å². The molecule has 0 aliphatic heterocycles. The van der Waals surface area contributed by atoms with Crippen LogP contribution in [0.1, 0.15) is 12.1 Å². The molecule has 108 valence electrons. The van der Waals surface area contributed by atoms with Crippen LogP contribution in [0, 0.1) is 11.3 Å². The summed E-state index contributed by atoms with van der Waals surface area (Å²) in [5, 5.41) is 17.9. The van der Waals surface area contributed by atoms with Crippen LogP contribution in [0.2, 0.25) is 0 Å². The molecular weight excluding hydrogens is 302 g/mol. The molecular formula is C11H13N3O4S2. The van der Waals surface area contributed by atoms with Gasteiger partial charge in [-0.15, -0.1) is 0 Å². The van der Waals surface area contributed by atoms with Gasteiger partial charge >= 0.3 is 5.97 Å². The molecule has 0 saturated heterocycles. The number of carbonyl (C=O) groups is 1. The molecule has 1 aromatic rings. The van der Waals surface area contributed by atoms with Gasteiger partial charge in [0.25, 0.3) is 0 Å². The fourth-order valence-electron chi connectivity index (χ4n) is 1.41. The van der Waals surface area contributed by atoms with Crippen molar-refractivity contribution in [1.29, 1.82) is 5.26 Å². The van der Waals surface area contributed by atoms with Crippen LogP contribution in [0.5, 0.6) is 0 Å². The van der Waals surface area contributed by atoms with Crippen LogP contribution >= 0.6 is 11.8 Å². The first-order valence-corrected chi connectivity index (χ1v) is 8.39. The van der Waals surface area contributed by atoms with E-state index < -0.39 is 22.0 Å². The van der Waals surface area contributed by atoms with Crippen LogP contribution in [-0.2, 0) is 14.8 Å². The molecule has 7 nitrogen and oxygen atoms in total. The first-order chi connectivity index (χ1) is 9.42. The normalized spacial score (nSPS) is 12.6. The van der Waals surface area contributed by atoms with E-state index in [1.807, 2.05) is 0 Å². The van der Waals surface area contributed by atoms with Crippen molar-refractivity contribution in [3.05, 3.63) is 24.0 Å². The lowest BCUT2D eigenvalue weighted by Crippen LogP contribution is -2.41. The Morgan fingerprint density at radius 1 is 1.65 bits per heavy atom. The minimum Gasteiger partial charge on any atom is -0.480 e. The van der Waals surface area contributed by atoms with Gasteiger partial charge in [-0.2, -0.15) is 21.7 Å². The SMILES string of the molecule is CSCC[C@H](NS(=O)(=O)c1cccnc1C#N)C(=O)O. The number of hydrogen-bond acceptors (Lipinski definition) is 6. The van der Waals surface area contributed by atoms with Gasteiger partial charge in [-0.05, 0) is 30.6 Å². The molecule has 9 heteroatoms. The van der Waals surface area contributed by atoms with Crippen LogP contribution in [0.4, 0.5) is 0 Å². The predicted octanol–water partition coefficient (Wildman–Crippen LogP) is 0.438. The third-order valence-electron chi connectivity index (χ3n) is 2.37. The highest BCUT2D eigenvalue weighted by molar-refractivity contribution is 7.98.